The van der Waals surface area contributed by atoms with Gasteiger partial charge in [-0.3, -0.25) is 4.79 Å². The smallest absolute Gasteiger partial charge is 0.427 e. The molecule has 0 bridgehead atoms. The molecule has 0 atom stereocenters. The lowest BCUT2D eigenvalue weighted by molar-refractivity contribution is 0.00398. The molecular weight excluding hydrogens is 310 g/mol. The van der Waals surface area contributed by atoms with Crippen molar-refractivity contribution in [2.75, 3.05) is 0 Å². The maximum absolute atomic E-state index is 12.6. The molecule has 6 heteroatoms. The van der Waals surface area contributed by atoms with Gasteiger partial charge in [0, 0.05) is 5.56 Å². The highest BCUT2D eigenvalue weighted by atomic mass is 16.6. The van der Waals surface area contributed by atoms with Gasteiger partial charge < -0.3 is 9.47 Å². The van der Waals surface area contributed by atoms with Crippen LogP contribution in [0.2, 0.25) is 0 Å². The number of nitrogens with zero attached hydrogens (tertiary/aromatic N) is 1. The second-order valence-electron chi connectivity index (χ2n) is 7.47. The van der Waals surface area contributed by atoms with Crippen LogP contribution in [0.4, 0.5) is 9.59 Å². The average Bonchev–Trinajstić information content (AvgIpc) is 2.34. The van der Waals surface area contributed by atoms with Crippen molar-refractivity contribution in [3.63, 3.8) is 0 Å². The molecule has 0 radical (unpaired) electrons. The van der Waals surface area contributed by atoms with E-state index in [0.717, 1.165) is 5.56 Å². The zero-order chi connectivity index (χ0) is 18.7. The first-order valence-corrected chi connectivity index (χ1v) is 7.67. The van der Waals surface area contributed by atoms with Crippen molar-refractivity contribution in [2.45, 2.75) is 59.7 Å². The molecule has 0 heterocycles. The standard InChI is InChI=1S/C18H25NO5/c1-12-8-10-13(11-9-12)14(20)19(15(21)23-17(2,3)4)16(22)24-18(5,6)7/h8-11H,1-7H3. The number of imide groups is 3. The summed E-state index contributed by atoms with van der Waals surface area (Å²) in [5, 5.41) is 0. The van der Waals surface area contributed by atoms with Crippen LogP contribution in [-0.4, -0.2) is 34.2 Å². The molecule has 0 unspecified atom stereocenters. The van der Waals surface area contributed by atoms with E-state index in [1.54, 1.807) is 65.8 Å². The minimum absolute atomic E-state index is 0.192. The van der Waals surface area contributed by atoms with E-state index in [9.17, 15) is 14.4 Å². The summed E-state index contributed by atoms with van der Waals surface area (Å²) in [6, 6.07) is 6.52. The molecule has 1 aromatic rings. The van der Waals surface area contributed by atoms with Gasteiger partial charge in [0.05, 0.1) is 0 Å². The van der Waals surface area contributed by atoms with Gasteiger partial charge in [-0.15, -0.1) is 4.90 Å². The van der Waals surface area contributed by atoms with Crippen LogP contribution in [0.3, 0.4) is 0 Å². The molecule has 0 saturated carbocycles. The number of rotatable bonds is 1. The molecule has 0 saturated heterocycles. The van der Waals surface area contributed by atoms with Crippen LogP contribution in [0, 0.1) is 6.92 Å². The fourth-order valence-electron chi connectivity index (χ4n) is 1.68. The molecule has 0 aromatic heterocycles. The summed E-state index contributed by atoms with van der Waals surface area (Å²) in [6.45, 7) is 11.8. The molecule has 6 nitrogen and oxygen atoms in total. The molecule has 0 aliphatic carbocycles. The van der Waals surface area contributed by atoms with Gasteiger partial charge in [-0.25, -0.2) is 9.59 Å². The van der Waals surface area contributed by atoms with Crippen molar-refractivity contribution in [3.8, 4) is 0 Å². The minimum atomic E-state index is -1.07. The molecule has 1 aromatic carbocycles. The first kappa shape index (κ1) is 19.7. The van der Waals surface area contributed by atoms with Crippen LogP contribution in [0.25, 0.3) is 0 Å². The average molecular weight is 335 g/mol. The summed E-state index contributed by atoms with van der Waals surface area (Å²) in [7, 11) is 0. The molecule has 0 fully saturated rings. The van der Waals surface area contributed by atoms with Crippen LogP contribution in [0.1, 0.15) is 57.5 Å². The van der Waals surface area contributed by atoms with Gasteiger partial charge >= 0.3 is 12.2 Å². The maximum atomic E-state index is 12.6. The quantitative estimate of drug-likeness (QED) is 0.764. The highest BCUT2D eigenvalue weighted by Gasteiger charge is 2.36. The Morgan fingerprint density at radius 1 is 0.792 bits per heavy atom. The van der Waals surface area contributed by atoms with Gasteiger partial charge in [0.1, 0.15) is 11.2 Å². The Labute approximate surface area is 142 Å². The normalized spacial score (nSPS) is 11.6. The predicted octanol–water partition coefficient (Wildman–Crippen LogP) is 4.31. The number of amides is 3. The van der Waals surface area contributed by atoms with Crippen LogP contribution in [0.15, 0.2) is 24.3 Å². The number of carbonyl (C=O) groups excluding carboxylic acids is 3. The second kappa shape index (κ2) is 7.03. The van der Waals surface area contributed by atoms with Gasteiger partial charge in [-0.1, -0.05) is 17.7 Å². The van der Waals surface area contributed by atoms with E-state index in [0.29, 0.717) is 4.90 Å². The van der Waals surface area contributed by atoms with Crippen LogP contribution < -0.4 is 0 Å². The number of hydrogen-bond acceptors (Lipinski definition) is 5. The van der Waals surface area contributed by atoms with Gasteiger partial charge in [-0.05, 0) is 60.6 Å². The summed E-state index contributed by atoms with van der Waals surface area (Å²) in [6.07, 6.45) is -2.13. The topological polar surface area (TPSA) is 72.9 Å². The van der Waals surface area contributed by atoms with Gasteiger partial charge in [0.15, 0.2) is 0 Å². The third-order valence-corrected chi connectivity index (χ3v) is 2.65. The molecule has 3 amide bonds. The Bertz CT molecular complexity index is 592. The van der Waals surface area contributed by atoms with Crippen molar-refractivity contribution in [1.29, 1.82) is 0 Å². The summed E-state index contributed by atoms with van der Waals surface area (Å²) >= 11 is 0. The van der Waals surface area contributed by atoms with E-state index >= 15 is 0 Å². The Morgan fingerprint density at radius 2 is 1.17 bits per heavy atom. The minimum Gasteiger partial charge on any atom is -0.443 e. The van der Waals surface area contributed by atoms with Crippen LogP contribution in [0.5, 0.6) is 0 Å². The van der Waals surface area contributed by atoms with Crippen molar-refractivity contribution in [2.24, 2.45) is 0 Å². The zero-order valence-corrected chi connectivity index (χ0v) is 15.3. The highest BCUT2D eigenvalue weighted by Crippen LogP contribution is 2.17. The molecule has 0 N–H and O–H groups in total. The number of carbonyl (C=O) groups is 3. The Balaban J connectivity index is 3.16. The monoisotopic (exact) mass is 335 g/mol. The Hall–Kier alpha value is -2.37. The van der Waals surface area contributed by atoms with E-state index in [4.69, 9.17) is 9.47 Å². The molecule has 1 rings (SSSR count). The second-order valence-corrected chi connectivity index (χ2v) is 7.47. The Morgan fingerprint density at radius 3 is 1.50 bits per heavy atom. The van der Waals surface area contributed by atoms with Crippen LogP contribution in [-0.2, 0) is 9.47 Å². The predicted molar refractivity (Wildman–Crippen MR) is 89.8 cm³/mol. The molecule has 0 aliphatic heterocycles. The molecular formula is C18H25NO5. The lowest BCUT2D eigenvalue weighted by Gasteiger charge is -2.27. The van der Waals surface area contributed by atoms with Crippen molar-refractivity contribution in [3.05, 3.63) is 35.4 Å². The van der Waals surface area contributed by atoms with Gasteiger partial charge in [-0.2, -0.15) is 0 Å². The van der Waals surface area contributed by atoms with E-state index in [1.165, 1.54) is 0 Å². The molecule has 132 valence electrons. The van der Waals surface area contributed by atoms with Gasteiger partial charge in [0.25, 0.3) is 5.91 Å². The fourth-order valence-corrected chi connectivity index (χ4v) is 1.68. The first-order chi connectivity index (χ1) is 10.8. The van der Waals surface area contributed by atoms with Crippen LogP contribution >= 0.6 is 0 Å². The third-order valence-electron chi connectivity index (χ3n) is 2.65. The number of aryl methyl sites for hydroxylation is 1. The van der Waals surface area contributed by atoms with Gasteiger partial charge in [0.2, 0.25) is 0 Å². The molecule has 24 heavy (non-hydrogen) atoms. The zero-order valence-electron chi connectivity index (χ0n) is 15.3. The number of benzene rings is 1. The summed E-state index contributed by atoms with van der Waals surface area (Å²) in [5.74, 6) is -0.793. The highest BCUT2D eigenvalue weighted by molar-refractivity contribution is 6.13. The van der Waals surface area contributed by atoms with Crippen molar-refractivity contribution < 1.29 is 23.9 Å². The number of hydrogen-bond donors (Lipinski definition) is 0. The SMILES string of the molecule is Cc1ccc(C(=O)N(C(=O)OC(C)(C)C)C(=O)OC(C)(C)C)cc1. The first-order valence-electron chi connectivity index (χ1n) is 7.67. The van der Waals surface area contributed by atoms with E-state index in [2.05, 4.69) is 0 Å². The summed E-state index contributed by atoms with van der Waals surface area (Å²) in [4.78, 5) is 37.7. The summed E-state index contributed by atoms with van der Waals surface area (Å²) in [5.41, 5.74) is -0.569. The Kier molecular flexibility index (Phi) is 5.76. The molecule has 0 aliphatic rings. The largest absolute Gasteiger partial charge is 0.443 e. The van der Waals surface area contributed by atoms with E-state index in [-0.39, 0.29) is 5.56 Å². The van der Waals surface area contributed by atoms with E-state index in [1.807, 2.05) is 6.92 Å². The lowest BCUT2D eigenvalue weighted by atomic mass is 10.1. The lowest BCUT2D eigenvalue weighted by Crippen LogP contribution is -2.46. The molecule has 0 spiro atoms. The van der Waals surface area contributed by atoms with E-state index < -0.39 is 29.3 Å². The third kappa shape index (κ3) is 6.02. The summed E-state index contributed by atoms with van der Waals surface area (Å²) < 4.78 is 10.3. The van der Waals surface area contributed by atoms with Crippen molar-refractivity contribution in [1.82, 2.24) is 4.90 Å². The maximum Gasteiger partial charge on any atom is 0.427 e. The number of ether oxygens (including phenoxy) is 2. The fraction of sp³-hybridized carbons (Fsp3) is 0.500. The van der Waals surface area contributed by atoms with Crippen molar-refractivity contribution >= 4 is 18.1 Å².